The van der Waals surface area contributed by atoms with E-state index in [0.29, 0.717) is 26.0 Å². The number of esters is 1. The van der Waals surface area contributed by atoms with Crippen molar-refractivity contribution in [3.63, 3.8) is 0 Å². The molecule has 0 saturated carbocycles. The maximum Gasteiger partial charge on any atom is 0.310 e. The van der Waals surface area contributed by atoms with Crippen LogP contribution < -0.4 is 10.6 Å². The van der Waals surface area contributed by atoms with Gasteiger partial charge in [0.15, 0.2) is 5.75 Å². The maximum absolute atomic E-state index is 13.0. The summed E-state index contributed by atoms with van der Waals surface area (Å²) < 4.78 is 10.4. The highest BCUT2D eigenvalue weighted by molar-refractivity contribution is 6.37. The highest BCUT2D eigenvalue weighted by Crippen LogP contribution is 2.32. The lowest BCUT2D eigenvalue weighted by Crippen LogP contribution is -2.54. The fourth-order valence-electron chi connectivity index (χ4n) is 3.84. The highest BCUT2D eigenvalue weighted by Gasteiger charge is 2.41. The second-order valence-corrected chi connectivity index (χ2v) is 8.62. The van der Waals surface area contributed by atoms with Gasteiger partial charge in [0.25, 0.3) is 5.91 Å². The smallest absolute Gasteiger partial charge is 0.310 e. The van der Waals surface area contributed by atoms with E-state index in [2.05, 4.69) is 10.6 Å². The summed E-state index contributed by atoms with van der Waals surface area (Å²) in [5.41, 5.74) is 0.0750. The van der Waals surface area contributed by atoms with Crippen LogP contribution in [0.1, 0.15) is 43.5 Å². The van der Waals surface area contributed by atoms with E-state index in [1.165, 1.54) is 24.0 Å². The van der Waals surface area contributed by atoms with E-state index in [-0.39, 0.29) is 27.8 Å². The summed E-state index contributed by atoms with van der Waals surface area (Å²) >= 11 is 11.7. The number of hydrogen-bond donors (Lipinski definition) is 3. The Hall–Kier alpha value is -2.56. The van der Waals surface area contributed by atoms with Crippen molar-refractivity contribution in [2.75, 3.05) is 13.2 Å². The number of nitrogens with one attached hydrogen (secondary N) is 2. The fraction of sp³-hybridized carbons (Fsp3) is 0.524. The molecule has 12 heteroatoms. The van der Waals surface area contributed by atoms with E-state index in [1.807, 2.05) is 0 Å². The first-order valence-corrected chi connectivity index (χ1v) is 11.3. The van der Waals surface area contributed by atoms with E-state index in [9.17, 15) is 24.3 Å². The van der Waals surface area contributed by atoms with Gasteiger partial charge in [0.2, 0.25) is 18.1 Å². The van der Waals surface area contributed by atoms with Crippen molar-refractivity contribution in [2.24, 2.45) is 0 Å². The van der Waals surface area contributed by atoms with E-state index < -0.39 is 48.1 Å². The lowest BCUT2D eigenvalue weighted by molar-refractivity contribution is -0.164. The summed E-state index contributed by atoms with van der Waals surface area (Å²) in [5.74, 6) is -2.27. The minimum absolute atomic E-state index is 0.0126. The maximum atomic E-state index is 13.0. The second kappa shape index (κ2) is 10.6. The number of rotatable bonds is 7. The van der Waals surface area contributed by atoms with Gasteiger partial charge in [0, 0.05) is 18.7 Å². The van der Waals surface area contributed by atoms with Crippen LogP contribution in [0.15, 0.2) is 12.1 Å². The van der Waals surface area contributed by atoms with Gasteiger partial charge in [-0.1, -0.05) is 23.2 Å². The Morgan fingerprint density at radius 2 is 1.97 bits per heavy atom. The Labute approximate surface area is 200 Å². The standard InChI is InChI=1S/C21H25Cl2N3O7/c1-3-32-21-14(9-16(27)33-21)25-19(30)15-5-4-6-26(15)20(31)10(2)24-18(29)11-7-12(22)17(28)13(23)8-11/h7-8,10,14-15,21,28H,3-6,9H2,1-2H3,(H,24,29)(H,25,30)/t10-,14-,15-,21?/m0/s1. The molecule has 1 aromatic carbocycles. The lowest BCUT2D eigenvalue weighted by atomic mass is 10.1. The number of hydrogen-bond acceptors (Lipinski definition) is 7. The minimum atomic E-state index is -0.940. The Bertz CT molecular complexity index is 935. The number of amides is 3. The SMILES string of the molecule is CCOC1OC(=O)C[C@@H]1NC(=O)[C@@H]1CCCN1C(=O)[C@H](C)NC(=O)c1cc(Cl)c(O)c(Cl)c1. The first-order chi connectivity index (χ1) is 15.6. The van der Waals surface area contributed by atoms with Crippen molar-refractivity contribution in [3.8, 4) is 5.75 Å². The molecule has 10 nitrogen and oxygen atoms in total. The zero-order valence-electron chi connectivity index (χ0n) is 18.1. The molecule has 0 spiro atoms. The molecular formula is C21H25Cl2N3O7. The number of carbonyl (C=O) groups excluding carboxylic acids is 4. The third kappa shape index (κ3) is 5.69. The third-order valence-electron chi connectivity index (χ3n) is 5.46. The number of carbonyl (C=O) groups is 4. The van der Waals surface area contributed by atoms with Crippen molar-refractivity contribution < 1.29 is 33.8 Å². The molecule has 2 fully saturated rings. The molecule has 2 saturated heterocycles. The van der Waals surface area contributed by atoms with Crippen molar-refractivity contribution in [2.45, 2.75) is 57.5 Å². The largest absolute Gasteiger partial charge is 0.505 e. The van der Waals surface area contributed by atoms with Crippen molar-refractivity contribution in [3.05, 3.63) is 27.7 Å². The van der Waals surface area contributed by atoms with Crippen molar-refractivity contribution in [1.29, 1.82) is 0 Å². The monoisotopic (exact) mass is 501 g/mol. The molecule has 1 unspecified atom stereocenters. The van der Waals surface area contributed by atoms with Crippen LogP contribution in [0, 0.1) is 0 Å². The van der Waals surface area contributed by atoms with E-state index in [1.54, 1.807) is 6.92 Å². The van der Waals surface area contributed by atoms with Gasteiger partial charge >= 0.3 is 5.97 Å². The van der Waals surface area contributed by atoms with Gasteiger partial charge in [-0.25, -0.2) is 0 Å². The first-order valence-electron chi connectivity index (χ1n) is 10.5. The second-order valence-electron chi connectivity index (χ2n) is 7.81. The van der Waals surface area contributed by atoms with Crippen LogP contribution >= 0.6 is 23.2 Å². The van der Waals surface area contributed by atoms with Gasteiger partial charge < -0.3 is 30.1 Å². The average molecular weight is 502 g/mol. The van der Waals surface area contributed by atoms with Crippen LogP contribution in [0.2, 0.25) is 10.0 Å². The van der Waals surface area contributed by atoms with Gasteiger partial charge in [0.1, 0.15) is 18.1 Å². The van der Waals surface area contributed by atoms with Gasteiger partial charge in [-0.2, -0.15) is 0 Å². The first kappa shape index (κ1) is 25.1. The quantitative estimate of drug-likeness (QED) is 0.483. The number of aromatic hydroxyl groups is 1. The summed E-state index contributed by atoms with van der Waals surface area (Å²) in [6.07, 6.45) is 0.186. The van der Waals surface area contributed by atoms with E-state index in [0.717, 1.165) is 0 Å². The number of ether oxygens (including phenoxy) is 2. The van der Waals surface area contributed by atoms with E-state index >= 15 is 0 Å². The molecule has 3 rings (SSSR count). The Balaban J connectivity index is 1.63. The van der Waals surface area contributed by atoms with Gasteiger partial charge in [-0.05, 0) is 38.8 Å². The van der Waals surface area contributed by atoms with Gasteiger partial charge in [-0.3, -0.25) is 19.2 Å². The van der Waals surface area contributed by atoms with Crippen molar-refractivity contribution >= 4 is 46.9 Å². The average Bonchev–Trinajstić information content (AvgIpc) is 3.38. The predicted octanol–water partition coefficient (Wildman–Crippen LogP) is 1.60. The molecule has 0 radical (unpaired) electrons. The molecule has 4 atom stereocenters. The highest BCUT2D eigenvalue weighted by atomic mass is 35.5. The summed E-state index contributed by atoms with van der Waals surface area (Å²) in [6.45, 7) is 3.92. The Morgan fingerprint density at radius 3 is 2.61 bits per heavy atom. The summed E-state index contributed by atoms with van der Waals surface area (Å²) in [6, 6.07) is 0.156. The van der Waals surface area contributed by atoms with Gasteiger partial charge in [0.05, 0.1) is 16.5 Å². The predicted molar refractivity (Wildman–Crippen MR) is 118 cm³/mol. The third-order valence-corrected chi connectivity index (χ3v) is 6.03. The van der Waals surface area contributed by atoms with Crippen LogP contribution in [-0.2, 0) is 23.9 Å². The number of benzene rings is 1. The van der Waals surface area contributed by atoms with Crippen molar-refractivity contribution in [1.82, 2.24) is 15.5 Å². The lowest BCUT2D eigenvalue weighted by Gasteiger charge is -2.28. The molecule has 0 bridgehead atoms. The number of cyclic esters (lactones) is 1. The van der Waals surface area contributed by atoms with Crippen LogP contribution in [0.25, 0.3) is 0 Å². The zero-order chi connectivity index (χ0) is 24.3. The number of nitrogens with zero attached hydrogens (tertiary/aromatic N) is 1. The molecule has 0 aromatic heterocycles. The summed E-state index contributed by atoms with van der Waals surface area (Å²) in [5, 5.41) is 14.8. The Kier molecular flexibility index (Phi) is 8.04. The van der Waals surface area contributed by atoms with Crippen LogP contribution in [0.3, 0.4) is 0 Å². The topological polar surface area (TPSA) is 134 Å². The number of likely N-dealkylation sites (tertiary alicyclic amines) is 1. The molecule has 2 aliphatic heterocycles. The molecule has 33 heavy (non-hydrogen) atoms. The van der Waals surface area contributed by atoms with E-state index in [4.69, 9.17) is 32.7 Å². The molecule has 0 aliphatic carbocycles. The zero-order valence-corrected chi connectivity index (χ0v) is 19.6. The van der Waals surface area contributed by atoms with Crippen LogP contribution in [0.4, 0.5) is 0 Å². The number of halogens is 2. The van der Waals surface area contributed by atoms with Crippen LogP contribution in [-0.4, -0.2) is 71.3 Å². The molecule has 180 valence electrons. The number of phenolic OH excluding ortho intramolecular Hbond substituents is 1. The fourth-order valence-corrected chi connectivity index (χ4v) is 4.33. The molecule has 2 heterocycles. The molecule has 1 aromatic rings. The van der Waals surface area contributed by atoms with Crippen LogP contribution in [0.5, 0.6) is 5.75 Å². The summed E-state index contributed by atoms with van der Waals surface area (Å²) in [4.78, 5) is 51.4. The van der Waals surface area contributed by atoms with Gasteiger partial charge in [-0.15, -0.1) is 0 Å². The minimum Gasteiger partial charge on any atom is -0.505 e. The Morgan fingerprint density at radius 1 is 1.30 bits per heavy atom. The molecule has 3 amide bonds. The summed E-state index contributed by atoms with van der Waals surface area (Å²) in [7, 11) is 0. The molecule has 2 aliphatic rings. The molecular weight excluding hydrogens is 477 g/mol. The normalized spacial score (nSPS) is 23.2. The number of phenols is 1. The molecule has 3 N–H and O–H groups in total.